The molecule has 9 heteroatoms. The Morgan fingerprint density at radius 1 is 1.29 bits per heavy atom. The molecule has 0 bridgehead atoms. The van der Waals surface area contributed by atoms with Gasteiger partial charge in [-0.1, -0.05) is 6.07 Å². The molecule has 2 N–H and O–H groups in total. The summed E-state index contributed by atoms with van der Waals surface area (Å²) in [7, 11) is -4.53. The van der Waals surface area contributed by atoms with Gasteiger partial charge in [0.05, 0.1) is 4.90 Å². The van der Waals surface area contributed by atoms with Crippen LogP contribution in [0.4, 0.5) is 18.9 Å². The second-order valence-electron chi connectivity index (χ2n) is 2.95. The molecule has 1 aromatic carbocycles. The standard InChI is InChI=1S/C8H6F3NO4S/c9-8(10,11)7(13)12-5-2-1-3-6(4-5)17(14,15)16/h1-4H,(H,12,13)(H,14,15,16). The van der Waals surface area contributed by atoms with Gasteiger partial charge in [0, 0.05) is 5.69 Å². The third kappa shape index (κ3) is 3.71. The Morgan fingerprint density at radius 3 is 2.35 bits per heavy atom. The molecule has 0 spiro atoms. The van der Waals surface area contributed by atoms with Gasteiger partial charge in [-0.3, -0.25) is 9.35 Å². The van der Waals surface area contributed by atoms with E-state index in [9.17, 15) is 26.4 Å². The molecular formula is C8H6F3NO4S. The highest BCUT2D eigenvalue weighted by molar-refractivity contribution is 7.85. The monoisotopic (exact) mass is 269 g/mol. The number of hydrogen-bond donors (Lipinski definition) is 2. The number of benzene rings is 1. The first-order valence-electron chi connectivity index (χ1n) is 4.06. The van der Waals surface area contributed by atoms with Crippen LogP contribution in [0.25, 0.3) is 0 Å². The summed E-state index contributed by atoms with van der Waals surface area (Å²) in [5.41, 5.74) is -0.387. The van der Waals surface area contributed by atoms with Gasteiger partial charge >= 0.3 is 12.1 Å². The molecule has 1 rings (SSSR count). The molecule has 94 valence electrons. The molecule has 0 radical (unpaired) electrons. The minimum atomic E-state index is -5.08. The van der Waals surface area contributed by atoms with Gasteiger partial charge in [-0.15, -0.1) is 0 Å². The molecule has 0 atom stereocenters. The largest absolute Gasteiger partial charge is 0.471 e. The molecule has 0 unspecified atom stereocenters. The number of nitrogens with one attached hydrogen (secondary N) is 1. The highest BCUT2D eigenvalue weighted by Gasteiger charge is 2.38. The number of amides is 1. The van der Waals surface area contributed by atoms with Crippen molar-refractivity contribution in [3.8, 4) is 0 Å². The lowest BCUT2D eigenvalue weighted by Gasteiger charge is -2.08. The van der Waals surface area contributed by atoms with Crippen molar-refractivity contribution in [2.24, 2.45) is 0 Å². The quantitative estimate of drug-likeness (QED) is 0.795. The molecule has 0 fully saturated rings. The zero-order chi connectivity index (χ0) is 13.3. The van der Waals surface area contributed by atoms with Crippen LogP contribution in [0.1, 0.15) is 0 Å². The average Bonchev–Trinajstić information content (AvgIpc) is 2.15. The molecule has 0 aliphatic heterocycles. The maximum absolute atomic E-state index is 11.9. The predicted molar refractivity (Wildman–Crippen MR) is 50.9 cm³/mol. The van der Waals surface area contributed by atoms with E-state index in [1.54, 1.807) is 0 Å². The lowest BCUT2D eigenvalue weighted by Crippen LogP contribution is -2.29. The summed E-state index contributed by atoms with van der Waals surface area (Å²) >= 11 is 0. The zero-order valence-electron chi connectivity index (χ0n) is 8.02. The van der Waals surface area contributed by atoms with Crippen molar-refractivity contribution in [2.75, 3.05) is 5.32 Å². The summed E-state index contributed by atoms with van der Waals surface area (Å²) in [5.74, 6) is -2.23. The first kappa shape index (κ1) is 13.5. The van der Waals surface area contributed by atoms with Crippen molar-refractivity contribution in [1.29, 1.82) is 0 Å². The highest BCUT2D eigenvalue weighted by atomic mass is 32.2. The number of halogens is 3. The fraction of sp³-hybridized carbons (Fsp3) is 0.125. The number of hydrogen-bond acceptors (Lipinski definition) is 3. The Hall–Kier alpha value is -1.61. The van der Waals surface area contributed by atoms with E-state index in [1.807, 2.05) is 0 Å². The third-order valence-electron chi connectivity index (χ3n) is 1.65. The Labute approximate surface area is 94.0 Å². The van der Waals surface area contributed by atoms with Crippen LogP contribution < -0.4 is 5.32 Å². The van der Waals surface area contributed by atoms with Crippen molar-refractivity contribution >= 4 is 21.7 Å². The van der Waals surface area contributed by atoms with Gasteiger partial charge in [0.15, 0.2) is 0 Å². The van der Waals surface area contributed by atoms with E-state index in [1.165, 1.54) is 5.32 Å². The van der Waals surface area contributed by atoms with E-state index in [0.29, 0.717) is 6.07 Å². The van der Waals surface area contributed by atoms with Crippen molar-refractivity contribution in [3.63, 3.8) is 0 Å². The Balaban J connectivity index is 2.99. The fourth-order valence-corrected chi connectivity index (χ4v) is 1.46. The van der Waals surface area contributed by atoms with E-state index in [4.69, 9.17) is 4.55 Å². The second kappa shape index (κ2) is 4.34. The molecule has 17 heavy (non-hydrogen) atoms. The minimum Gasteiger partial charge on any atom is -0.318 e. The molecular weight excluding hydrogens is 263 g/mol. The van der Waals surface area contributed by atoms with Crippen LogP contribution >= 0.6 is 0 Å². The summed E-state index contributed by atoms with van der Waals surface area (Å²) in [5, 5.41) is 1.45. The van der Waals surface area contributed by atoms with Crippen LogP contribution in [0.5, 0.6) is 0 Å². The van der Waals surface area contributed by atoms with Crippen LogP contribution in [0.2, 0.25) is 0 Å². The molecule has 0 saturated carbocycles. The van der Waals surface area contributed by atoms with Gasteiger partial charge in [0.1, 0.15) is 0 Å². The van der Waals surface area contributed by atoms with E-state index in [-0.39, 0.29) is 5.69 Å². The molecule has 0 aliphatic rings. The average molecular weight is 269 g/mol. The lowest BCUT2D eigenvalue weighted by atomic mass is 10.3. The van der Waals surface area contributed by atoms with E-state index in [0.717, 1.165) is 18.2 Å². The maximum Gasteiger partial charge on any atom is 0.471 e. The zero-order valence-corrected chi connectivity index (χ0v) is 8.84. The summed E-state index contributed by atoms with van der Waals surface area (Å²) in [6.45, 7) is 0. The first-order valence-corrected chi connectivity index (χ1v) is 5.50. The minimum absolute atomic E-state index is 0.387. The third-order valence-corrected chi connectivity index (χ3v) is 2.50. The topological polar surface area (TPSA) is 83.5 Å². The molecule has 0 aliphatic carbocycles. The van der Waals surface area contributed by atoms with Gasteiger partial charge in [-0.25, -0.2) is 0 Å². The van der Waals surface area contributed by atoms with Crippen molar-refractivity contribution < 1.29 is 30.9 Å². The van der Waals surface area contributed by atoms with E-state index < -0.39 is 27.1 Å². The van der Waals surface area contributed by atoms with Crippen LogP contribution in [-0.4, -0.2) is 25.1 Å². The summed E-state index contributed by atoms with van der Waals surface area (Å²) < 4.78 is 65.7. The van der Waals surface area contributed by atoms with E-state index in [2.05, 4.69) is 0 Å². The number of carbonyl (C=O) groups excluding carboxylic acids is 1. The van der Waals surface area contributed by atoms with Gasteiger partial charge in [0.2, 0.25) is 0 Å². The van der Waals surface area contributed by atoms with Gasteiger partial charge < -0.3 is 5.32 Å². The SMILES string of the molecule is O=C(Nc1cccc(S(=O)(=O)O)c1)C(F)(F)F. The Kier molecular flexibility index (Phi) is 3.43. The van der Waals surface area contributed by atoms with E-state index >= 15 is 0 Å². The predicted octanol–water partition coefficient (Wildman–Crippen LogP) is 1.43. The molecule has 0 heterocycles. The van der Waals surface area contributed by atoms with Gasteiger partial charge in [0.25, 0.3) is 10.1 Å². The molecule has 0 aromatic heterocycles. The van der Waals surface area contributed by atoms with Crippen LogP contribution in [0, 0.1) is 0 Å². The van der Waals surface area contributed by atoms with Crippen molar-refractivity contribution in [2.45, 2.75) is 11.1 Å². The second-order valence-corrected chi connectivity index (χ2v) is 4.38. The highest BCUT2D eigenvalue weighted by Crippen LogP contribution is 2.20. The smallest absolute Gasteiger partial charge is 0.318 e. The Morgan fingerprint density at radius 2 is 1.88 bits per heavy atom. The normalized spacial score (nSPS) is 12.2. The van der Waals surface area contributed by atoms with Crippen LogP contribution in [0.3, 0.4) is 0 Å². The maximum atomic E-state index is 11.9. The number of alkyl halides is 3. The molecule has 0 saturated heterocycles. The first-order chi connectivity index (χ1) is 7.60. The Bertz CT molecular complexity index is 538. The molecule has 5 nitrogen and oxygen atoms in total. The molecule has 1 amide bonds. The van der Waals surface area contributed by atoms with Gasteiger partial charge in [-0.2, -0.15) is 21.6 Å². The number of rotatable bonds is 2. The number of carbonyl (C=O) groups is 1. The summed E-state index contributed by atoms with van der Waals surface area (Å²) in [6, 6.07) is 3.81. The van der Waals surface area contributed by atoms with Crippen molar-refractivity contribution in [1.82, 2.24) is 0 Å². The lowest BCUT2D eigenvalue weighted by molar-refractivity contribution is -0.167. The molecule has 1 aromatic rings. The fourth-order valence-electron chi connectivity index (χ4n) is 0.936. The van der Waals surface area contributed by atoms with Crippen LogP contribution in [0.15, 0.2) is 29.2 Å². The van der Waals surface area contributed by atoms with Crippen LogP contribution in [-0.2, 0) is 14.9 Å². The number of anilines is 1. The van der Waals surface area contributed by atoms with Gasteiger partial charge in [-0.05, 0) is 18.2 Å². The van der Waals surface area contributed by atoms with Crippen molar-refractivity contribution in [3.05, 3.63) is 24.3 Å². The summed E-state index contributed by atoms with van der Waals surface area (Å²) in [6.07, 6.45) is -5.08. The summed E-state index contributed by atoms with van der Waals surface area (Å²) in [4.78, 5) is 9.93.